The van der Waals surface area contributed by atoms with Gasteiger partial charge in [0.15, 0.2) is 0 Å². The molecule has 0 saturated heterocycles. The van der Waals surface area contributed by atoms with Crippen molar-refractivity contribution in [1.82, 2.24) is 0 Å². The molecule has 0 aromatic heterocycles. The first-order chi connectivity index (χ1) is 3.56. The standard InChI is InChI=1S/C2H5O2.2O.H3Si.Ti/c3-1-2-4;;;;/h3H,1-2H2;;;1H3;/q-1;;;;+1. The Morgan fingerprint density at radius 1 is 1.62 bits per heavy atom. The van der Waals surface area contributed by atoms with Gasteiger partial charge < -0.3 is 0 Å². The van der Waals surface area contributed by atoms with Gasteiger partial charge in [0.25, 0.3) is 0 Å². The van der Waals surface area contributed by atoms with E-state index in [1.807, 2.05) is 0 Å². The van der Waals surface area contributed by atoms with Crippen LogP contribution in [0.1, 0.15) is 0 Å². The van der Waals surface area contributed by atoms with Gasteiger partial charge in [-0.1, -0.05) is 0 Å². The van der Waals surface area contributed by atoms with E-state index in [2.05, 4.69) is 3.32 Å². The monoisotopic (exact) mass is 172 g/mol. The fourth-order valence-electron chi connectivity index (χ4n) is 0.231. The Bertz CT molecular complexity index is 138. The van der Waals surface area contributed by atoms with Gasteiger partial charge in [0.2, 0.25) is 0 Å². The molecule has 0 heterocycles. The van der Waals surface area contributed by atoms with Crippen LogP contribution in [0.3, 0.4) is 0 Å². The van der Waals surface area contributed by atoms with Crippen LogP contribution < -0.4 is 0 Å². The van der Waals surface area contributed by atoms with E-state index in [4.69, 9.17) is 5.11 Å². The van der Waals surface area contributed by atoms with Crippen molar-refractivity contribution in [2.24, 2.45) is 0 Å². The summed E-state index contributed by atoms with van der Waals surface area (Å²) >= 11 is -4.13. The summed E-state index contributed by atoms with van der Waals surface area (Å²) in [6.45, 7) is -0.295. The number of aliphatic hydroxyl groups is 1. The van der Waals surface area contributed by atoms with Crippen molar-refractivity contribution in [2.75, 3.05) is 13.2 Å². The third-order valence-corrected chi connectivity index (χ3v) is 2.78. The van der Waals surface area contributed by atoms with Gasteiger partial charge in [0.1, 0.15) is 0 Å². The molecule has 0 aliphatic carbocycles. The SMILES string of the molecule is [O]=[Ti](=[O])([SiH3])[O]CCO. The van der Waals surface area contributed by atoms with Crippen molar-refractivity contribution in [2.45, 2.75) is 0 Å². The summed E-state index contributed by atoms with van der Waals surface area (Å²) in [7, 11) is 0.0854. The molecule has 6 heteroatoms. The third kappa shape index (κ3) is 6.45. The molecule has 0 aromatic rings. The summed E-state index contributed by atoms with van der Waals surface area (Å²) in [4.78, 5) is 0. The summed E-state index contributed by atoms with van der Waals surface area (Å²) in [5.74, 6) is 0. The Morgan fingerprint density at radius 3 is 2.25 bits per heavy atom. The van der Waals surface area contributed by atoms with E-state index >= 15 is 0 Å². The van der Waals surface area contributed by atoms with Gasteiger partial charge in [-0.15, -0.1) is 0 Å². The molecule has 48 valence electrons. The molecule has 0 amide bonds. The van der Waals surface area contributed by atoms with Crippen LogP contribution in [0, 0.1) is 0 Å². The second-order valence-corrected chi connectivity index (χ2v) is 9.63. The molecular weight excluding hydrogens is 164 g/mol. The Balaban J connectivity index is 3.42. The van der Waals surface area contributed by atoms with E-state index in [1.54, 1.807) is 0 Å². The zero-order valence-corrected chi connectivity index (χ0v) is 8.15. The first-order valence-electron chi connectivity index (χ1n) is 2.22. The summed E-state index contributed by atoms with van der Waals surface area (Å²) < 4.78 is 24.7. The first kappa shape index (κ1) is 8.45. The maximum absolute atomic E-state index is 10.2. The van der Waals surface area contributed by atoms with Gasteiger partial charge >= 0.3 is 52.6 Å². The molecule has 0 radical (unpaired) electrons. The molecule has 0 spiro atoms. The van der Waals surface area contributed by atoms with Gasteiger partial charge in [0.05, 0.1) is 0 Å². The molecule has 0 aliphatic heterocycles. The van der Waals surface area contributed by atoms with Crippen LogP contribution in [-0.4, -0.2) is 26.4 Å². The van der Waals surface area contributed by atoms with Crippen molar-refractivity contribution in [3.63, 3.8) is 0 Å². The normalized spacial score (nSPS) is 10.1. The number of rotatable bonds is 3. The van der Waals surface area contributed by atoms with Crippen molar-refractivity contribution >= 4 is 8.11 Å². The average Bonchev–Trinajstić information content (AvgIpc) is 1.59. The quantitative estimate of drug-likeness (QED) is 0.502. The van der Waals surface area contributed by atoms with Crippen LogP contribution >= 0.6 is 0 Å². The molecule has 1 N–H and O–H groups in total. The van der Waals surface area contributed by atoms with E-state index in [9.17, 15) is 6.65 Å². The summed E-state index contributed by atoms with van der Waals surface area (Å²) in [5, 5.41) is 8.07. The molecule has 0 fully saturated rings. The van der Waals surface area contributed by atoms with E-state index < -0.39 is 16.2 Å². The second-order valence-electron chi connectivity index (χ2n) is 1.43. The molecule has 0 atom stereocenters. The van der Waals surface area contributed by atoms with Crippen molar-refractivity contribution in [3.05, 3.63) is 0 Å². The first-order valence-corrected chi connectivity index (χ1v) is 9.81. The zero-order valence-electron chi connectivity index (χ0n) is 4.59. The number of aliphatic hydroxyl groups excluding tert-OH is 1. The Morgan fingerprint density at radius 2 is 2.12 bits per heavy atom. The van der Waals surface area contributed by atoms with Crippen molar-refractivity contribution in [1.29, 1.82) is 0 Å². The average molecular weight is 172 g/mol. The van der Waals surface area contributed by atoms with E-state index in [0.29, 0.717) is 0 Å². The zero-order chi connectivity index (χ0) is 6.62. The predicted molar refractivity (Wildman–Crippen MR) is 24.3 cm³/mol. The van der Waals surface area contributed by atoms with Gasteiger partial charge in [-0.05, 0) is 0 Å². The predicted octanol–water partition coefficient (Wildman–Crippen LogP) is -1.96. The topological polar surface area (TPSA) is 63.6 Å². The van der Waals surface area contributed by atoms with Crippen molar-refractivity contribution < 1.29 is 31.2 Å². The molecule has 0 aromatic carbocycles. The Hall–Kier alpha value is 0.451. The van der Waals surface area contributed by atoms with Gasteiger partial charge in [-0.3, -0.25) is 0 Å². The van der Waals surface area contributed by atoms with Gasteiger partial charge in [0, 0.05) is 0 Å². The van der Waals surface area contributed by atoms with E-state index in [-0.39, 0.29) is 21.3 Å². The molecule has 0 aliphatic rings. The Kier molecular flexibility index (Phi) is 3.67. The van der Waals surface area contributed by atoms with Crippen molar-refractivity contribution in [3.8, 4) is 0 Å². The van der Waals surface area contributed by atoms with Crippen LogP contribution in [0.2, 0.25) is 0 Å². The molecule has 0 unspecified atom stereocenters. The Labute approximate surface area is 52.9 Å². The summed E-state index contributed by atoms with van der Waals surface area (Å²) in [5.41, 5.74) is 0. The molecular formula is C2H8O4SiTi. The fourth-order valence-corrected chi connectivity index (χ4v) is 1.79. The van der Waals surface area contributed by atoms with E-state index in [1.165, 1.54) is 0 Å². The summed E-state index contributed by atoms with van der Waals surface area (Å²) in [6, 6.07) is 0. The molecule has 0 rings (SSSR count). The maximum atomic E-state index is 10.2. The van der Waals surface area contributed by atoms with Crippen LogP contribution in [0.5, 0.6) is 0 Å². The molecule has 4 nitrogen and oxygen atoms in total. The third-order valence-electron chi connectivity index (χ3n) is 0.456. The molecule has 0 bridgehead atoms. The van der Waals surface area contributed by atoms with E-state index in [0.717, 1.165) is 0 Å². The van der Waals surface area contributed by atoms with Crippen LogP contribution in [0.4, 0.5) is 0 Å². The minimum absolute atomic E-state index is 0.0729. The minimum atomic E-state index is -4.13. The van der Waals surface area contributed by atoms with Crippen LogP contribution in [0.25, 0.3) is 0 Å². The van der Waals surface area contributed by atoms with Crippen LogP contribution in [0.15, 0.2) is 0 Å². The molecule has 0 saturated carbocycles. The number of hydrogen-bond acceptors (Lipinski definition) is 4. The second kappa shape index (κ2) is 3.47. The molecule has 8 heavy (non-hydrogen) atoms. The summed E-state index contributed by atoms with van der Waals surface area (Å²) in [6.07, 6.45) is 0. The van der Waals surface area contributed by atoms with Gasteiger partial charge in [-0.2, -0.15) is 0 Å². The van der Waals surface area contributed by atoms with Crippen LogP contribution in [-0.2, 0) is 26.1 Å². The fraction of sp³-hybridized carbons (Fsp3) is 1.00. The number of hydrogen-bond donors (Lipinski definition) is 1. The van der Waals surface area contributed by atoms with Gasteiger partial charge in [-0.25, -0.2) is 0 Å².